The van der Waals surface area contributed by atoms with E-state index in [2.05, 4.69) is 4.74 Å². The molecule has 1 aromatic rings. The lowest BCUT2D eigenvalue weighted by Gasteiger charge is -2.36. The second-order valence-corrected chi connectivity index (χ2v) is 9.07. The van der Waals surface area contributed by atoms with Gasteiger partial charge in [0.2, 0.25) is 0 Å². The Morgan fingerprint density at radius 2 is 1.49 bits per heavy atom. The molecule has 2 aliphatic rings. The molecule has 0 saturated carbocycles. The first kappa shape index (κ1) is 29.1. The molecule has 15 heteroatoms. The molecule has 37 heavy (non-hydrogen) atoms. The Labute approximate surface area is 206 Å². The Hall–Kier alpha value is -2.42. The number of alkyl halides is 9. The topological polar surface area (TPSA) is 56.2 Å². The number of piperazine rings is 1. The summed E-state index contributed by atoms with van der Waals surface area (Å²) in [6.07, 6.45) is -21.1. The van der Waals surface area contributed by atoms with E-state index in [4.69, 9.17) is 0 Å². The number of aliphatic hydroxyl groups is 1. The number of rotatable bonds is 5. The SMILES string of the molecule is O=C(OC(C(F)(F)F)C(F)(F)F)N1CCN(Cc2ccc(C(F)(F)F)c(N3CCC(CO)CC3)c2)CC1. The van der Waals surface area contributed by atoms with Gasteiger partial charge in [-0.2, -0.15) is 39.5 Å². The number of anilines is 1. The number of amides is 1. The van der Waals surface area contributed by atoms with E-state index < -0.39 is 36.3 Å². The summed E-state index contributed by atoms with van der Waals surface area (Å²) >= 11 is 0. The molecule has 0 spiro atoms. The van der Waals surface area contributed by atoms with Crippen molar-refractivity contribution < 1.29 is 54.2 Å². The molecule has 0 aromatic heterocycles. The lowest BCUT2D eigenvalue weighted by molar-refractivity contribution is -0.308. The molecule has 2 heterocycles. The number of halogens is 9. The van der Waals surface area contributed by atoms with Gasteiger partial charge in [-0.05, 0) is 36.5 Å². The van der Waals surface area contributed by atoms with Crippen LogP contribution in [0.15, 0.2) is 18.2 Å². The van der Waals surface area contributed by atoms with E-state index in [1.807, 2.05) is 0 Å². The van der Waals surface area contributed by atoms with Crippen molar-refractivity contribution in [2.75, 3.05) is 50.8 Å². The third-order valence-corrected chi connectivity index (χ3v) is 6.43. The van der Waals surface area contributed by atoms with Crippen LogP contribution in [0.1, 0.15) is 24.0 Å². The molecule has 0 atom stereocenters. The van der Waals surface area contributed by atoms with Gasteiger partial charge in [-0.25, -0.2) is 4.79 Å². The summed E-state index contributed by atoms with van der Waals surface area (Å²) in [4.78, 5) is 16.0. The number of carbonyl (C=O) groups excluding carboxylic acids is 1. The molecule has 0 unspecified atom stereocenters. The number of aliphatic hydroxyl groups excluding tert-OH is 1. The highest BCUT2D eigenvalue weighted by atomic mass is 19.4. The van der Waals surface area contributed by atoms with Crippen molar-refractivity contribution in [3.05, 3.63) is 29.3 Å². The lowest BCUT2D eigenvalue weighted by Crippen LogP contribution is -2.52. The van der Waals surface area contributed by atoms with Gasteiger partial charge in [0.25, 0.3) is 6.10 Å². The minimum atomic E-state index is -5.82. The third-order valence-electron chi connectivity index (χ3n) is 6.43. The van der Waals surface area contributed by atoms with E-state index >= 15 is 0 Å². The number of nitrogens with zero attached hydrogens (tertiary/aromatic N) is 3. The largest absolute Gasteiger partial charge is 0.434 e. The molecule has 0 aliphatic carbocycles. The number of carbonyl (C=O) groups is 1. The zero-order chi connectivity index (χ0) is 27.6. The van der Waals surface area contributed by atoms with Crippen LogP contribution in [0.2, 0.25) is 0 Å². The number of piperidine rings is 1. The summed E-state index contributed by atoms with van der Waals surface area (Å²) in [6.45, 7) is 0.505. The first-order valence-electron chi connectivity index (χ1n) is 11.5. The Morgan fingerprint density at radius 1 is 0.919 bits per heavy atom. The first-order chi connectivity index (χ1) is 17.1. The normalized spacial score (nSPS) is 19.0. The van der Waals surface area contributed by atoms with Gasteiger partial charge in [-0.3, -0.25) is 4.90 Å². The van der Waals surface area contributed by atoms with E-state index in [-0.39, 0.29) is 50.9 Å². The predicted octanol–water partition coefficient (Wildman–Crippen LogP) is 4.66. The maximum atomic E-state index is 13.6. The second kappa shape index (κ2) is 11.1. The van der Waals surface area contributed by atoms with E-state index in [0.29, 0.717) is 31.5 Å². The number of benzene rings is 1. The van der Waals surface area contributed by atoms with Crippen molar-refractivity contribution in [2.45, 2.75) is 44.0 Å². The van der Waals surface area contributed by atoms with E-state index in [1.165, 1.54) is 12.1 Å². The van der Waals surface area contributed by atoms with Gasteiger partial charge in [-0.1, -0.05) is 6.07 Å². The molecule has 2 saturated heterocycles. The van der Waals surface area contributed by atoms with Gasteiger partial charge in [0.15, 0.2) is 0 Å². The molecule has 2 aliphatic heterocycles. The fraction of sp³-hybridized carbons (Fsp3) is 0.682. The van der Waals surface area contributed by atoms with Crippen LogP contribution in [0.3, 0.4) is 0 Å². The molecule has 3 rings (SSSR count). The summed E-state index contributed by atoms with van der Waals surface area (Å²) in [5.41, 5.74) is -0.262. The highest BCUT2D eigenvalue weighted by Crippen LogP contribution is 2.39. The molecule has 6 nitrogen and oxygen atoms in total. The summed E-state index contributed by atoms with van der Waals surface area (Å²) in [6, 6.07) is 3.70. The first-order valence-corrected chi connectivity index (χ1v) is 11.5. The molecular formula is C22H26F9N3O3. The third kappa shape index (κ3) is 7.55. The second-order valence-electron chi connectivity index (χ2n) is 9.07. The van der Waals surface area contributed by atoms with Crippen molar-refractivity contribution in [3.8, 4) is 0 Å². The molecule has 0 radical (unpaired) electrons. The van der Waals surface area contributed by atoms with Gasteiger partial charge in [-0.15, -0.1) is 0 Å². The van der Waals surface area contributed by atoms with Crippen LogP contribution in [0.5, 0.6) is 0 Å². The summed E-state index contributed by atoms with van der Waals surface area (Å²) < 4.78 is 120. The zero-order valence-corrected chi connectivity index (χ0v) is 19.5. The average molecular weight is 551 g/mol. The molecular weight excluding hydrogens is 525 g/mol. The van der Waals surface area contributed by atoms with E-state index in [9.17, 15) is 49.4 Å². The predicted molar refractivity (Wildman–Crippen MR) is 113 cm³/mol. The van der Waals surface area contributed by atoms with Gasteiger partial charge < -0.3 is 19.6 Å². The quantitative estimate of drug-likeness (QED) is 0.540. The van der Waals surface area contributed by atoms with Crippen molar-refractivity contribution >= 4 is 11.8 Å². The van der Waals surface area contributed by atoms with Crippen LogP contribution >= 0.6 is 0 Å². The number of ether oxygens (including phenoxy) is 1. The maximum Gasteiger partial charge on any atom is 0.434 e. The van der Waals surface area contributed by atoms with E-state index in [1.54, 1.807) is 9.80 Å². The fourth-order valence-electron chi connectivity index (χ4n) is 4.37. The monoisotopic (exact) mass is 551 g/mol. The maximum absolute atomic E-state index is 13.6. The Balaban J connectivity index is 1.63. The smallest absolute Gasteiger partial charge is 0.426 e. The van der Waals surface area contributed by atoms with Gasteiger partial charge >= 0.3 is 24.6 Å². The minimum absolute atomic E-state index is 0.00828. The molecule has 1 N–H and O–H groups in total. The fourth-order valence-corrected chi connectivity index (χ4v) is 4.37. The average Bonchev–Trinajstić information content (AvgIpc) is 2.80. The van der Waals surface area contributed by atoms with Crippen molar-refractivity contribution in [3.63, 3.8) is 0 Å². The van der Waals surface area contributed by atoms with Crippen LogP contribution < -0.4 is 4.90 Å². The van der Waals surface area contributed by atoms with Crippen LogP contribution in [0.25, 0.3) is 0 Å². The molecule has 0 bridgehead atoms. The molecule has 2 fully saturated rings. The minimum Gasteiger partial charge on any atom is -0.426 e. The van der Waals surface area contributed by atoms with Gasteiger partial charge in [0.05, 0.1) is 5.56 Å². The van der Waals surface area contributed by atoms with Crippen LogP contribution in [-0.2, 0) is 17.5 Å². The van der Waals surface area contributed by atoms with Crippen LogP contribution in [-0.4, -0.2) is 85.3 Å². The Bertz CT molecular complexity index is 907. The van der Waals surface area contributed by atoms with Crippen LogP contribution in [0, 0.1) is 5.92 Å². The molecule has 210 valence electrons. The zero-order valence-electron chi connectivity index (χ0n) is 19.5. The Kier molecular flexibility index (Phi) is 8.77. The highest BCUT2D eigenvalue weighted by molar-refractivity contribution is 5.68. The highest BCUT2D eigenvalue weighted by Gasteiger charge is 2.60. The lowest BCUT2D eigenvalue weighted by atomic mass is 9.96. The summed E-state index contributed by atoms with van der Waals surface area (Å²) in [5.74, 6) is 0.0271. The summed E-state index contributed by atoms with van der Waals surface area (Å²) in [5, 5.41) is 9.29. The Morgan fingerprint density at radius 3 is 1.97 bits per heavy atom. The summed E-state index contributed by atoms with van der Waals surface area (Å²) in [7, 11) is 0. The van der Waals surface area contributed by atoms with Crippen molar-refractivity contribution in [1.29, 1.82) is 0 Å². The van der Waals surface area contributed by atoms with Crippen LogP contribution in [0.4, 0.5) is 50.0 Å². The molecule has 1 amide bonds. The van der Waals surface area contributed by atoms with Gasteiger partial charge in [0, 0.05) is 58.1 Å². The number of hydrogen-bond donors (Lipinski definition) is 1. The molecule has 1 aromatic carbocycles. The van der Waals surface area contributed by atoms with E-state index in [0.717, 1.165) is 11.0 Å². The number of hydrogen-bond acceptors (Lipinski definition) is 5. The van der Waals surface area contributed by atoms with Gasteiger partial charge in [0.1, 0.15) is 0 Å². The van der Waals surface area contributed by atoms with Crippen molar-refractivity contribution in [1.82, 2.24) is 9.80 Å². The standard InChI is InChI=1S/C22H26F9N3O3/c23-20(24,25)16-2-1-15(11-17(16)33-5-3-14(13-35)4-6-33)12-32-7-9-34(10-8-32)19(36)37-18(21(26,27)28)22(29,30)31/h1-2,11,14,18,35H,3-10,12-13H2. The van der Waals surface area contributed by atoms with Crippen molar-refractivity contribution in [2.24, 2.45) is 5.92 Å².